The predicted molar refractivity (Wildman–Crippen MR) is 424 cm³/mol. The number of hydrogen-bond acceptors (Lipinski definition) is 4. The van der Waals surface area contributed by atoms with E-state index in [4.69, 9.17) is 19.9 Å². The topological polar surface area (TPSA) is 71.3 Å². The number of para-hydroxylation sites is 6. The molecule has 0 saturated carbocycles. The minimum Gasteiger partial charge on any atom is -0.317 e. The Morgan fingerprint density at radius 1 is 0.196 bits per heavy atom. The molecule has 0 N–H and O–H groups in total. The molecule has 6 aromatic heterocycles. The van der Waals surface area contributed by atoms with Gasteiger partial charge in [0.25, 0.3) is 0 Å². The maximum absolute atomic E-state index is 5.23. The first-order chi connectivity index (χ1) is 50.6. The average Bonchev–Trinajstić information content (AvgIpc) is 1.56. The Balaban J connectivity index is 0.000000138. The third-order valence-electron chi connectivity index (χ3n) is 20.4. The Labute approximate surface area is 586 Å². The first-order valence-corrected chi connectivity index (χ1v) is 34.6. The van der Waals surface area contributed by atoms with Crippen LogP contribution in [0, 0.1) is 0 Å². The quantitative estimate of drug-likeness (QED) is 0.144. The average molecular weight is 1300 g/mol. The van der Waals surface area contributed by atoms with Crippen molar-refractivity contribution in [3.8, 4) is 79.2 Å². The van der Waals surface area contributed by atoms with Gasteiger partial charge in [-0.2, -0.15) is 0 Å². The summed E-state index contributed by atoms with van der Waals surface area (Å²) in [7, 11) is 0. The summed E-state index contributed by atoms with van der Waals surface area (Å²) in [6, 6.07) is 125. The SMILES string of the molecule is c1ccc(-n2ccc3c4c5ccccc5n(-c5ccc(-c6nc(-c7ccc(-c8cccc9ccccc89)cc7)c7ccccc7n6)cc5)c4ccc32)cc1.c1ccc(-n2ccc3c4c5ccccc5n(-c5ccc(-c6nc(-c7cccc8ccccc78)c7ccccc7n6)cc5)c4ccc32)cc1. The van der Waals surface area contributed by atoms with Crippen molar-refractivity contribution in [2.24, 2.45) is 0 Å². The molecule has 476 valence electrons. The second kappa shape index (κ2) is 24.0. The first kappa shape index (κ1) is 58.3. The van der Waals surface area contributed by atoms with Crippen LogP contribution in [-0.4, -0.2) is 38.2 Å². The molecule has 21 rings (SSSR count). The highest BCUT2D eigenvalue weighted by molar-refractivity contribution is 6.22. The van der Waals surface area contributed by atoms with Crippen molar-refractivity contribution in [3.63, 3.8) is 0 Å². The third-order valence-corrected chi connectivity index (χ3v) is 20.4. The lowest BCUT2D eigenvalue weighted by Gasteiger charge is -2.12. The maximum atomic E-state index is 5.23. The normalized spacial score (nSPS) is 11.7. The molecule has 0 aliphatic rings. The molecule has 8 nitrogen and oxygen atoms in total. The van der Waals surface area contributed by atoms with Crippen LogP contribution >= 0.6 is 0 Å². The van der Waals surface area contributed by atoms with Gasteiger partial charge >= 0.3 is 0 Å². The second-order valence-corrected chi connectivity index (χ2v) is 26.1. The van der Waals surface area contributed by atoms with Crippen molar-refractivity contribution in [2.45, 2.75) is 0 Å². The number of fused-ring (bicyclic) bond motifs is 14. The minimum atomic E-state index is 0.708. The van der Waals surface area contributed by atoms with Crippen LogP contribution in [0.15, 0.2) is 364 Å². The summed E-state index contributed by atoms with van der Waals surface area (Å²) < 4.78 is 9.28. The van der Waals surface area contributed by atoms with Crippen LogP contribution in [0.4, 0.5) is 0 Å². The van der Waals surface area contributed by atoms with Crippen LogP contribution in [0.3, 0.4) is 0 Å². The molecule has 6 heterocycles. The molecule has 0 saturated heterocycles. The van der Waals surface area contributed by atoms with Crippen molar-refractivity contribution in [3.05, 3.63) is 364 Å². The molecule has 0 aliphatic heterocycles. The molecule has 0 amide bonds. The lowest BCUT2D eigenvalue weighted by atomic mass is 9.96. The molecular formula is C94H60N8. The smallest absolute Gasteiger partial charge is 0.160 e. The molecular weight excluding hydrogens is 1240 g/mol. The summed E-state index contributed by atoms with van der Waals surface area (Å²) in [6.45, 7) is 0. The van der Waals surface area contributed by atoms with E-state index in [9.17, 15) is 0 Å². The zero-order valence-electron chi connectivity index (χ0n) is 55.2. The molecule has 0 fully saturated rings. The molecule has 0 bridgehead atoms. The highest BCUT2D eigenvalue weighted by atomic mass is 15.0. The van der Waals surface area contributed by atoms with Crippen LogP contribution < -0.4 is 0 Å². The Kier molecular flexibility index (Phi) is 13.7. The fourth-order valence-corrected chi connectivity index (χ4v) is 15.6. The number of nitrogens with zero attached hydrogens (tertiary/aromatic N) is 8. The second-order valence-electron chi connectivity index (χ2n) is 26.1. The van der Waals surface area contributed by atoms with E-state index < -0.39 is 0 Å². The van der Waals surface area contributed by atoms with Crippen molar-refractivity contribution in [1.29, 1.82) is 0 Å². The Bertz CT molecular complexity index is 6830. The molecule has 0 aliphatic carbocycles. The van der Waals surface area contributed by atoms with Crippen LogP contribution in [0.1, 0.15) is 0 Å². The van der Waals surface area contributed by atoms with Gasteiger partial charge in [0.1, 0.15) is 0 Å². The molecule has 102 heavy (non-hydrogen) atoms. The highest BCUT2D eigenvalue weighted by Gasteiger charge is 2.21. The highest BCUT2D eigenvalue weighted by Crippen LogP contribution is 2.42. The van der Waals surface area contributed by atoms with Crippen LogP contribution in [-0.2, 0) is 0 Å². The van der Waals surface area contributed by atoms with Gasteiger partial charge < -0.3 is 18.3 Å². The Morgan fingerprint density at radius 3 is 1.07 bits per heavy atom. The lowest BCUT2D eigenvalue weighted by Crippen LogP contribution is -1.97. The summed E-state index contributed by atoms with van der Waals surface area (Å²) in [5.41, 5.74) is 21.9. The van der Waals surface area contributed by atoms with Gasteiger partial charge in [-0.3, -0.25) is 0 Å². The van der Waals surface area contributed by atoms with Crippen LogP contribution in [0.2, 0.25) is 0 Å². The van der Waals surface area contributed by atoms with Crippen molar-refractivity contribution < 1.29 is 0 Å². The summed E-state index contributed by atoms with van der Waals surface area (Å²) >= 11 is 0. The Morgan fingerprint density at radius 2 is 0.559 bits per heavy atom. The molecule has 0 atom stereocenters. The maximum Gasteiger partial charge on any atom is 0.160 e. The first-order valence-electron chi connectivity index (χ1n) is 34.6. The standard InChI is InChI=1S/C50H32N4.C44H28N4/c1-2-13-37(14-3-1)53-32-31-43-45(53)29-30-47-48(43)42-17-7-9-20-46(42)54(47)38-27-25-36(26-28-38)50-51-44-19-8-6-16-41(44)49(52-50)35-23-21-34(22-24-35)40-18-10-12-33-11-4-5-15-39(33)40;1-2-13-31(14-3-1)47-28-27-37-39(47)25-26-41-42(37)36-17-7-9-20-40(36)48(41)32-23-21-30(22-24-32)44-45-38-19-8-6-16-35(38)43(46-44)34-18-10-12-29-11-4-5-15-33(29)34/h1-32H;1-28H. The molecule has 15 aromatic carbocycles. The Hall–Kier alpha value is -13.8. The van der Waals surface area contributed by atoms with Gasteiger partial charge in [-0.05, 0) is 166 Å². The number of rotatable bonds is 9. The number of benzene rings is 15. The van der Waals surface area contributed by atoms with Gasteiger partial charge in [-0.15, -0.1) is 0 Å². The molecule has 0 radical (unpaired) electrons. The zero-order valence-corrected chi connectivity index (χ0v) is 55.2. The van der Waals surface area contributed by atoms with E-state index in [1.807, 2.05) is 12.1 Å². The van der Waals surface area contributed by atoms with Gasteiger partial charge in [0, 0.05) is 100 Å². The van der Waals surface area contributed by atoms with Gasteiger partial charge in [0.2, 0.25) is 0 Å². The van der Waals surface area contributed by atoms with Gasteiger partial charge in [-0.1, -0.05) is 218 Å². The monoisotopic (exact) mass is 1300 g/mol. The van der Waals surface area contributed by atoms with E-state index in [0.29, 0.717) is 5.82 Å². The molecule has 0 spiro atoms. The zero-order chi connectivity index (χ0) is 67.2. The number of hydrogen-bond donors (Lipinski definition) is 0. The van der Waals surface area contributed by atoms with Crippen molar-refractivity contribution in [2.75, 3.05) is 0 Å². The van der Waals surface area contributed by atoms with Gasteiger partial charge in [0.05, 0.1) is 55.5 Å². The summed E-state index contributed by atoms with van der Waals surface area (Å²) in [5.74, 6) is 1.42. The fraction of sp³-hybridized carbons (Fsp3) is 0. The molecule has 0 unspecified atom stereocenters. The van der Waals surface area contributed by atoms with E-state index in [1.165, 1.54) is 98.1 Å². The van der Waals surface area contributed by atoms with Crippen molar-refractivity contribution >= 4 is 109 Å². The van der Waals surface area contributed by atoms with Gasteiger partial charge in [0.15, 0.2) is 11.6 Å². The molecule has 21 aromatic rings. The van der Waals surface area contributed by atoms with E-state index in [0.717, 1.165) is 84.0 Å². The number of aromatic nitrogens is 8. The van der Waals surface area contributed by atoms with E-state index in [1.54, 1.807) is 0 Å². The lowest BCUT2D eigenvalue weighted by molar-refractivity contribution is 1.13. The largest absolute Gasteiger partial charge is 0.317 e. The van der Waals surface area contributed by atoms with Crippen molar-refractivity contribution in [1.82, 2.24) is 38.2 Å². The summed E-state index contributed by atoms with van der Waals surface area (Å²) in [6.07, 6.45) is 4.36. The van der Waals surface area contributed by atoms with E-state index >= 15 is 0 Å². The molecule has 8 heteroatoms. The van der Waals surface area contributed by atoms with E-state index in [-0.39, 0.29) is 0 Å². The van der Waals surface area contributed by atoms with E-state index in [2.05, 4.69) is 370 Å². The third kappa shape index (κ3) is 9.68. The van der Waals surface area contributed by atoms with Crippen LogP contribution in [0.25, 0.3) is 188 Å². The predicted octanol–water partition coefficient (Wildman–Crippen LogP) is 24.0. The van der Waals surface area contributed by atoms with Crippen LogP contribution in [0.5, 0.6) is 0 Å². The minimum absolute atomic E-state index is 0.708. The fourth-order valence-electron chi connectivity index (χ4n) is 15.6. The van der Waals surface area contributed by atoms with Gasteiger partial charge in [-0.25, -0.2) is 19.9 Å². The summed E-state index contributed by atoms with van der Waals surface area (Å²) in [5, 5.41) is 14.4. The summed E-state index contributed by atoms with van der Waals surface area (Å²) in [4.78, 5) is 20.6.